The first-order valence-corrected chi connectivity index (χ1v) is 12.2. The van der Waals surface area contributed by atoms with Crippen molar-refractivity contribution in [3.8, 4) is 0 Å². The second kappa shape index (κ2) is 7.21. The van der Waals surface area contributed by atoms with Crippen LogP contribution in [0.2, 0.25) is 0 Å². The topological polar surface area (TPSA) is 55.7 Å². The number of rotatable bonds is 1. The molecule has 4 saturated carbocycles. The summed E-state index contributed by atoms with van der Waals surface area (Å²) in [6.45, 7) is 9.38. The molecule has 0 radical (unpaired) electrons. The predicted molar refractivity (Wildman–Crippen MR) is 112 cm³/mol. The molecule has 0 aromatic carbocycles. The van der Waals surface area contributed by atoms with Crippen LogP contribution in [-0.4, -0.2) is 59.5 Å². The summed E-state index contributed by atoms with van der Waals surface area (Å²) >= 11 is 0. The Bertz CT molecular complexity index is 577. The van der Waals surface area contributed by atoms with Crippen LogP contribution in [0.5, 0.6) is 0 Å². The third-order valence-electron chi connectivity index (χ3n) is 10.5. The fraction of sp³-hybridized carbons (Fsp3) is 1.00. The van der Waals surface area contributed by atoms with Crippen LogP contribution >= 0.6 is 0 Å². The van der Waals surface area contributed by atoms with Gasteiger partial charge in [-0.15, -0.1) is 0 Å². The Kier molecular flexibility index (Phi) is 5.10. The van der Waals surface area contributed by atoms with E-state index in [0.29, 0.717) is 17.4 Å². The zero-order chi connectivity index (χ0) is 19.5. The van der Waals surface area contributed by atoms with Crippen molar-refractivity contribution in [2.75, 3.05) is 26.2 Å². The third-order valence-corrected chi connectivity index (χ3v) is 10.5. The molecule has 28 heavy (non-hydrogen) atoms. The maximum absolute atomic E-state index is 11.1. The van der Waals surface area contributed by atoms with Gasteiger partial charge in [-0.25, -0.2) is 0 Å². The van der Waals surface area contributed by atoms with Crippen molar-refractivity contribution in [2.24, 2.45) is 34.5 Å². The van der Waals surface area contributed by atoms with Gasteiger partial charge in [0.2, 0.25) is 0 Å². The molecule has 5 rings (SSSR count). The highest BCUT2D eigenvalue weighted by Crippen LogP contribution is 2.66. The Morgan fingerprint density at radius 1 is 0.893 bits per heavy atom. The monoisotopic (exact) mass is 390 g/mol. The minimum atomic E-state index is -0.144. The van der Waals surface area contributed by atoms with Crippen molar-refractivity contribution in [3.05, 3.63) is 0 Å². The highest BCUT2D eigenvalue weighted by atomic mass is 16.3. The van der Waals surface area contributed by atoms with E-state index in [4.69, 9.17) is 0 Å². The van der Waals surface area contributed by atoms with Crippen LogP contribution in [-0.2, 0) is 0 Å². The molecule has 1 saturated heterocycles. The van der Waals surface area contributed by atoms with E-state index >= 15 is 0 Å². The van der Waals surface area contributed by atoms with Crippen LogP contribution in [0.15, 0.2) is 0 Å². The van der Waals surface area contributed by atoms with E-state index in [0.717, 1.165) is 56.8 Å². The number of hydrogen-bond donors (Lipinski definition) is 3. The van der Waals surface area contributed by atoms with E-state index < -0.39 is 0 Å². The summed E-state index contributed by atoms with van der Waals surface area (Å²) in [5.74, 6) is 3.03. The van der Waals surface area contributed by atoms with Crippen LogP contribution < -0.4 is 5.32 Å². The van der Waals surface area contributed by atoms with Crippen molar-refractivity contribution < 1.29 is 10.2 Å². The molecule has 4 heteroatoms. The molecule has 1 aliphatic heterocycles. The molecule has 3 N–H and O–H groups in total. The molecular weight excluding hydrogens is 348 g/mol. The third kappa shape index (κ3) is 2.92. The largest absolute Gasteiger partial charge is 0.393 e. The zero-order valence-electron chi connectivity index (χ0n) is 18.1. The number of nitrogens with zero attached hydrogens (tertiary/aromatic N) is 1. The molecule has 0 unspecified atom stereocenters. The minimum absolute atomic E-state index is 0.0745. The number of aliphatic hydroxyl groups is 2. The lowest BCUT2D eigenvalue weighted by Gasteiger charge is -2.62. The van der Waals surface area contributed by atoms with Gasteiger partial charge in [0.15, 0.2) is 0 Å². The molecule has 0 aromatic rings. The summed E-state index contributed by atoms with van der Waals surface area (Å²) in [4.78, 5) is 2.61. The highest BCUT2D eigenvalue weighted by Gasteiger charge is 2.61. The zero-order valence-corrected chi connectivity index (χ0v) is 18.1. The Balaban J connectivity index is 1.39. The van der Waals surface area contributed by atoms with Crippen molar-refractivity contribution in [1.29, 1.82) is 0 Å². The van der Waals surface area contributed by atoms with Gasteiger partial charge >= 0.3 is 0 Å². The van der Waals surface area contributed by atoms with E-state index in [-0.39, 0.29) is 17.6 Å². The van der Waals surface area contributed by atoms with Gasteiger partial charge in [-0.1, -0.05) is 13.8 Å². The van der Waals surface area contributed by atoms with Gasteiger partial charge in [0.1, 0.15) is 0 Å². The Labute approximate surface area is 171 Å². The van der Waals surface area contributed by atoms with Crippen molar-refractivity contribution in [1.82, 2.24) is 10.2 Å². The Morgan fingerprint density at radius 3 is 2.57 bits per heavy atom. The van der Waals surface area contributed by atoms with Gasteiger partial charge in [0.25, 0.3) is 0 Å². The first-order valence-electron chi connectivity index (χ1n) is 12.2. The van der Waals surface area contributed by atoms with Gasteiger partial charge < -0.3 is 15.5 Å². The standard InChI is InChI=1S/C24H42N2O2/c1-23-9-8-19-17(18(23)6-7-22(23)28)5-4-16-14-21(27)20(15-24(16,19)2)26-12-3-10-25-11-13-26/h16-22,25,27-28H,3-15H2,1-2H3/t16-,17-,18-,19-,20-,21-,22-,23-,24-/m0/s1. The lowest BCUT2D eigenvalue weighted by Crippen LogP contribution is -2.60. The first kappa shape index (κ1) is 19.8. The molecule has 4 aliphatic carbocycles. The van der Waals surface area contributed by atoms with Gasteiger partial charge in [-0.05, 0) is 105 Å². The second-order valence-corrected chi connectivity index (χ2v) is 11.5. The van der Waals surface area contributed by atoms with Gasteiger partial charge in [-0.3, -0.25) is 4.90 Å². The molecular formula is C24H42N2O2. The SMILES string of the molecule is C[C@]12C[C@H](N3CCCNCC3)[C@@H](O)C[C@@H]1CC[C@@H]1[C@@H]2CC[C@]2(C)[C@@H](O)CC[C@@H]12. The van der Waals surface area contributed by atoms with Crippen LogP contribution in [0.3, 0.4) is 0 Å². The number of nitrogens with one attached hydrogen (secondary N) is 1. The molecule has 9 atom stereocenters. The molecule has 5 fully saturated rings. The van der Waals surface area contributed by atoms with E-state index in [2.05, 4.69) is 24.1 Å². The van der Waals surface area contributed by atoms with Gasteiger partial charge in [-0.2, -0.15) is 0 Å². The smallest absolute Gasteiger partial charge is 0.0698 e. The summed E-state index contributed by atoms with van der Waals surface area (Å²) in [5, 5.41) is 25.3. The number of hydrogen-bond acceptors (Lipinski definition) is 4. The van der Waals surface area contributed by atoms with E-state index in [1.165, 1.54) is 44.9 Å². The maximum atomic E-state index is 11.1. The lowest BCUT2D eigenvalue weighted by atomic mass is 9.44. The van der Waals surface area contributed by atoms with E-state index in [1.807, 2.05) is 0 Å². The fourth-order valence-corrected chi connectivity index (χ4v) is 8.82. The lowest BCUT2D eigenvalue weighted by molar-refractivity contribution is -0.152. The number of fused-ring (bicyclic) bond motifs is 5. The molecule has 1 heterocycles. The first-order chi connectivity index (χ1) is 13.4. The van der Waals surface area contributed by atoms with E-state index in [1.54, 1.807) is 0 Å². The Morgan fingerprint density at radius 2 is 1.71 bits per heavy atom. The molecule has 4 nitrogen and oxygen atoms in total. The second-order valence-electron chi connectivity index (χ2n) is 11.5. The van der Waals surface area contributed by atoms with Crippen LogP contribution in [0, 0.1) is 34.5 Å². The van der Waals surface area contributed by atoms with Crippen molar-refractivity contribution in [3.63, 3.8) is 0 Å². The van der Waals surface area contributed by atoms with E-state index in [9.17, 15) is 10.2 Å². The van der Waals surface area contributed by atoms with Gasteiger partial charge in [0.05, 0.1) is 12.2 Å². The van der Waals surface area contributed by atoms with Crippen LogP contribution in [0.4, 0.5) is 0 Å². The highest BCUT2D eigenvalue weighted by molar-refractivity contribution is 5.11. The molecule has 160 valence electrons. The molecule has 0 spiro atoms. The van der Waals surface area contributed by atoms with Crippen molar-refractivity contribution in [2.45, 2.75) is 89.9 Å². The average Bonchev–Trinajstić information content (AvgIpc) is 2.86. The average molecular weight is 391 g/mol. The summed E-state index contributed by atoms with van der Waals surface area (Å²) in [7, 11) is 0. The van der Waals surface area contributed by atoms with Crippen LogP contribution in [0.1, 0.15) is 71.6 Å². The summed E-state index contributed by atoms with van der Waals surface area (Å²) in [5.41, 5.74) is 0.551. The summed E-state index contributed by atoms with van der Waals surface area (Å²) < 4.78 is 0. The fourth-order valence-electron chi connectivity index (χ4n) is 8.82. The quantitative estimate of drug-likeness (QED) is 0.644. The van der Waals surface area contributed by atoms with Crippen molar-refractivity contribution >= 4 is 0 Å². The molecule has 0 aromatic heterocycles. The summed E-state index contributed by atoms with van der Waals surface area (Å²) in [6.07, 6.45) is 10.6. The molecule has 5 aliphatic rings. The summed E-state index contributed by atoms with van der Waals surface area (Å²) in [6, 6.07) is 0.349. The van der Waals surface area contributed by atoms with Crippen LogP contribution in [0.25, 0.3) is 0 Å². The Hall–Kier alpha value is -0.160. The molecule has 0 bridgehead atoms. The van der Waals surface area contributed by atoms with Gasteiger partial charge in [0, 0.05) is 19.1 Å². The maximum Gasteiger partial charge on any atom is 0.0698 e. The predicted octanol–water partition coefficient (Wildman–Crippen LogP) is 3.02. The minimum Gasteiger partial charge on any atom is -0.393 e. The number of aliphatic hydroxyl groups excluding tert-OH is 2. The molecule has 0 amide bonds. The normalized spacial score (nSPS) is 55.1.